The number of amides is 1. The van der Waals surface area contributed by atoms with E-state index in [-0.39, 0.29) is 17.4 Å². The van der Waals surface area contributed by atoms with Crippen LogP contribution in [0.3, 0.4) is 0 Å². The molecule has 3 rings (SSSR count). The lowest BCUT2D eigenvalue weighted by molar-refractivity contribution is 0.102. The van der Waals surface area contributed by atoms with Crippen LogP contribution in [0.4, 0.5) is 5.95 Å². The van der Waals surface area contributed by atoms with Crippen LogP contribution in [0.2, 0.25) is 0 Å². The highest BCUT2D eigenvalue weighted by atomic mass is 32.1. The number of carbonyl (C=O) groups excluding carboxylic acids is 1. The van der Waals surface area contributed by atoms with Crippen molar-refractivity contribution in [3.05, 3.63) is 32.9 Å². The zero-order valence-corrected chi connectivity index (χ0v) is 13.6. The van der Waals surface area contributed by atoms with Crippen molar-refractivity contribution in [3.8, 4) is 0 Å². The summed E-state index contributed by atoms with van der Waals surface area (Å²) in [5, 5.41) is 9.27. The van der Waals surface area contributed by atoms with Crippen LogP contribution in [0.5, 0.6) is 0 Å². The van der Waals surface area contributed by atoms with Gasteiger partial charge in [-0.05, 0) is 26.6 Å². The van der Waals surface area contributed by atoms with E-state index in [1.54, 1.807) is 6.92 Å². The summed E-state index contributed by atoms with van der Waals surface area (Å²) in [7, 11) is 3.78. The molecule has 3 aromatic heterocycles. The molecule has 3 N–H and O–H groups in total. The standard InChI is InChI=1S/C13H15N7O2S/c1-6-8-10(21)16-7(4-20(2)3)17-12(8)23-9(6)11(22)18-13-14-5-15-19-13/h5H,4H2,1-3H3,(H,16,17,21)(H2,14,15,18,19,22). The number of fused-ring (bicyclic) bond motifs is 1. The second kappa shape index (κ2) is 5.89. The molecule has 0 bridgehead atoms. The summed E-state index contributed by atoms with van der Waals surface area (Å²) >= 11 is 1.19. The topological polar surface area (TPSA) is 120 Å². The number of nitrogens with one attached hydrogen (secondary N) is 3. The van der Waals surface area contributed by atoms with E-state index >= 15 is 0 Å². The molecule has 0 radical (unpaired) electrons. The number of aromatic nitrogens is 5. The Kier molecular flexibility index (Phi) is 3.92. The van der Waals surface area contributed by atoms with Gasteiger partial charge in [-0.15, -0.1) is 11.3 Å². The molecule has 0 aliphatic carbocycles. The molecule has 3 heterocycles. The minimum atomic E-state index is -0.351. The maximum absolute atomic E-state index is 12.3. The maximum atomic E-state index is 12.3. The van der Waals surface area contributed by atoms with Gasteiger partial charge in [-0.3, -0.25) is 14.9 Å². The zero-order valence-electron chi connectivity index (χ0n) is 12.8. The smallest absolute Gasteiger partial charge is 0.268 e. The van der Waals surface area contributed by atoms with Crippen molar-refractivity contribution >= 4 is 33.4 Å². The highest BCUT2D eigenvalue weighted by Gasteiger charge is 2.20. The normalized spacial score (nSPS) is 11.3. The second-order valence-corrected chi connectivity index (χ2v) is 6.27. The Morgan fingerprint density at radius 3 is 2.87 bits per heavy atom. The average molecular weight is 333 g/mol. The summed E-state index contributed by atoms with van der Waals surface area (Å²) in [5.74, 6) is 0.466. The first-order valence-corrected chi connectivity index (χ1v) is 7.61. The molecule has 0 unspecified atom stereocenters. The SMILES string of the molecule is Cc1c(C(=O)Nc2ncn[nH]2)sc2nc(CN(C)C)[nH]c(=O)c12. The van der Waals surface area contributed by atoms with Crippen molar-refractivity contribution in [2.75, 3.05) is 19.4 Å². The van der Waals surface area contributed by atoms with Crippen LogP contribution in [-0.4, -0.2) is 50.1 Å². The molecule has 0 saturated heterocycles. The number of aromatic amines is 2. The summed E-state index contributed by atoms with van der Waals surface area (Å²) in [6.45, 7) is 2.25. The third-order valence-corrected chi connectivity index (χ3v) is 4.35. The molecule has 0 aromatic carbocycles. The van der Waals surface area contributed by atoms with Gasteiger partial charge >= 0.3 is 0 Å². The number of hydrogen-bond donors (Lipinski definition) is 3. The van der Waals surface area contributed by atoms with Crippen molar-refractivity contribution in [1.29, 1.82) is 0 Å². The summed E-state index contributed by atoms with van der Waals surface area (Å²) < 4.78 is 0. The largest absolute Gasteiger partial charge is 0.309 e. The van der Waals surface area contributed by atoms with Crippen LogP contribution >= 0.6 is 11.3 Å². The number of carbonyl (C=O) groups is 1. The first kappa shape index (κ1) is 15.3. The zero-order chi connectivity index (χ0) is 16.6. The molecule has 120 valence electrons. The van der Waals surface area contributed by atoms with E-state index in [9.17, 15) is 9.59 Å². The number of hydrogen-bond acceptors (Lipinski definition) is 7. The van der Waals surface area contributed by atoms with E-state index in [2.05, 4.69) is 30.5 Å². The summed E-state index contributed by atoms with van der Waals surface area (Å²) in [6.07, 6.45) is 1.30. The molecule has 0 fully saturated rings. The Balaban J connectivity index is 2.02. The molecule has 0 aliphatic heterocycles. The highest BCUT2D eigenvalue weighted by Crippen LogP contribution is 2.27. The fourth-order valence-electron chi connectivity index (χ4n) is 2.21. The van der Waals surface area contributed by atoms with E-state index in [1.165, 1.54) is 17.7 Å². The van der Waals surface area contributed by atoms with E-state index in [0.717, 1.165) is 0 Å². The van der Waals surface area contributed by atoms with Crippen molar-refractivity contribution in [2.24, 2.45) is 0 Å². The van der Waals surface area contributed by atoms with Gasteiger partial charge in [0.05, 0.1) is 16.8 Å². The Morgan fingerprint density at radius 1 is 1.43 bits per heavy atom. The fraction of sp³-hybridized carbons (Fsp3) is 0.308. The Bertz CT molecular complexity index is 910. The lowest BCUT2D eigenvalue weighted by Crippen LogP contribution is -2.18. The quantitative estimate of drug-likeness (QED) is 0.647. The second-order valence-electron chi connectivity index (χ2n) is 5.27. The Labute approximate surface area is 134 Å². The predicted octanol–water partition coefficient (Wildman–Crippen LogP) is 0.725. The lowest BCUT2D eigenvalue weighted by Gasteiger charge is -2.07. The number of rotatable bonds is 4. The van der Waals surface area contributed by atoms with E-state index in [0.29, 0.717) is 33.0 Å². The van der Waals surface area contributed by atoms with Crippen LogP contribution in [0.15, 0.2) is 11.1 Å². The summed E-state index contributed by atoms with van der Waals surface area (Å²) in [6, 6.07) is 0. The van der Waals surface area contributed by atoms with Crippen molar-refractivity contribution < 1.29 is 4.79 Å². The van der Waals surface area contributed by atoms with E-state index in [1.807, 2.05) is 19.0 Å². The van der Waals surface area contributed by atoms with Gasteiger partial charge in [0.25, 0.3) is 11.5 Å². The molecule has 0 spiro atoms. The monoisotopic (exact) mass is 333 g/mol. The van der Waals surface area contributed by atoms with Gasteiger partial charge in [0.15, 0.2) is 0 Å². The highest BCUT2D eigenvalue weighted by molar-refractivity contribution is 7.20. The van der Waals surface area contributed by atoms with Gasteiger partial charge in [0.2, 0.25) is 5.95 Å². The van der Waals surface area contributed by atoms with Gasteiger partial charge in [-0.1, -0.05) is 0 Å². The average Bonchev–Trinajstić information content (AvgIpc) is 3.06. The molecule has 0 aliphatic rings. The Morgan fingerprint density at radius 2 is 2.22 bits per heavy atom. The maximum Gasteiger partial charge on any atom is 0.268 e. The first-order valence-electron chi connectivity index (χ1n) is 6.79. The third kappa shape index (κ3) is 2.98. The fourth-order valence-corrected chi connectivity index (χ4v) is 3.31. The van der Waals surface area contributed by atoms with Crippen molar-refractivity contribution in [1.82, 2.24) is 30.0 Å². The van der Waals surface area contributed by atoms with Crippen LogP contribution in [0.1, 0.15) is 21.1 Å². The van der Waals surface area contributed by atoms with Gasteiger partial charge in [0.1, 0.15) is 17.0 Å². The van der Waals surface area contributed by atoms with Crippen LogP contribution in [0, 0.1) is 6.92 Å². The molecule has 1 amide bonds. The number of nitrogens with zero attached hydrogens (tertiary/aromatic N) is 4. The number of aryl methyl sites for hydroxylation is 1. The van der Waals surface area contributed by atoms with E-state index < -0.39 is 0 Å². The minimum absolute atomic E-state index is 0.237. The summed E-state index contributed by atoms with van der Waals surface area (Å²) in [5.41, 5.74) is 0.367. The van der Waals surface area contributed by atoms with Gasteiger partial charge in [-0.2, -0.15) is 10.1 Å². The molecular weight excluding hydrogens is 318 g/mol. The molecule has 0 saturated carbocycles. The van der Waals surface area contributed by atoms with E-state index in [4.69, 9.17) is 0 Å². The van der Waals surface area contributed by atoms with Gasteiger partial charge < -0.3 is 9.88 Å². The molecule has 23 heavy (non-hydrogen) atoms. The van der Waals surface area contributed by atoms with Crippen LogP contribution < -0.4 is 10.9 Å². The molecular formula is C13H15N7O2S. The number of anilines is 1. The lowest BCUT2D eigenvalue weighted by atomic mass is 10.2. The summed E-state index contributed by atoms with van der Waals surface area (Å²) in [4.78, 5) is 38.6. The van der Waals surface area contributed by atoms with Crippen molar-refractivity contribution in [3.63, 3.8) is 0 Å². The Hall–Kier alpha value is -2.59. The predicted molar refractivity (Wildman–Crippen MR) is 86.7 cm³/mol. The molecule has 3 aromatic rings. The first-order chi connectivity index (χ1) is 11.0. The third-order valence-electron chi connectivity index (χ3n) is 3.17. The number of thiophene rings is 1. The molecule has 9 nitrogen and oxygen atoms in total. The molecule has 0 atom stereocenters. The van der Waals surface area contributed by atoms with Crippen molar-refractivity contribution in [2.45, 2.75) is 13.5 Å². The molecule has 10 heteroatoms. The number of H-pyrrole nitrogens is 2. The van der Waals surface area contributed by atoms with Crippen LogP contribution in [-0.2, 0) is 6.54 Å². The van der Waals surface area contributed by atoms with Crippen LogP contribution in [0.25, 0.3) is 10.2 Å². The van der Waals surface area contributed by atoms with Gasteiger partial charge in [-0.25, -0.2) is 10.1 Å². The van der Waals surface area contributed by atoms with Gasteiger partial charge in [0, 0.05) is 0 Å². The minimum Gasteiger partial charge on any atom is -0.309 e.